The molecule has 1 aromatic heterocycles. The molecular weight excluding hydrogens is 384 g/mol. The highest BCUT2D eigenvalue weighted by Crippen LogP contribution is 2.64. The van der Waals surface area contributed by atoms with Crippen molar-refractivity contribution in [3.63, 3.8) is 0 Å². The van der Waals surface area contributed by atoms with E-state index in [1.165, 1.54) is 38.5 Å². The molecule has 8 atom stereocenters. The SMILES string of the molecule is CCC[C@@]1(O)CC[C@H]2[C@H](CC[C@@H]3[C@@H]2CC[C@]2(C)C([C@@H](C)Cn4nnc(C)n4)=CC[C@@H]32)C1. The van der Waals surface area contributed by atoms with Crippen molar-refractivity contribution in [3.05, 3.63) is 17.5 Å². The lowest BCUT2D eigenvalue weighted by atomic mass is 9.48. The zero-order valence-electron chi connectivity index (χ0n) is 20.1. The number of aryl methyl sites for hydroxylation is 1. The number of rotatable bonds is 5. The highest BCUT2D eigenvalue weighted by Gasteiger charge is 2.56. The zero-order valence-corrected chi connectivity index (χ0v) is 20.1. The molecule has 31 heavy (non-hydrogen) atoms. The van der Waals surface area contributed by atoms with Crippen molar-refractivity contribution in [2.24, 2.45) is 40.9 Å². The van der Waals surface area contributed by atoms with Gasteiger partial charge >= 0.3 is 0 Å². The summed E-state index contributed by atoms with van der Waals surface area (Å²) in [5, 5.41) is 23.8. The van der Waals surface area contributed by atoms with Gasteiger partial charge in [0.15, 0.2) is 5.82 Å². The quantitative estimate of drug-likeness (QED) is 0.646. The second-order valence-electron chi connectivity index (χ2n) is 11.8. The standard InChI is InChI=1S/C26H42N4O/c1-5-12-26(31)14-11-20-19(15-26)6-7-22-21(20)10-13-25(4)23(8-9-24(22)25)17(2)16-30-28-18(3)27-29-30/h8,17,19-22,24,31H,5-7,9-16H2,1-4H3/t17-,19+,20-,21+,22+,24-,25+,26+/m0/s1. The lowest BCUT2D eigenvalue weighted by molar-refractivity contribution is -0.101. The molecule has 1 aromatic rings. The van der Waals surface area contributed by atoms with E-state index in [2.05, 4.69) is 42.3 Å². The predicted molar refractivity (Wildman–Crippen MR) is 122 cm³/mol. The second kappa shape index (κ2) is 7.97. The van der Waals surface area contributed by atoms with E-state index in [9.17, 15) is 5.11 Å². The Bertz CT molecular complexity index is 833. The Kier molecular flexibility index (Phi) is 5.55. The van der Waals surface area contributed by atoms with Crippen molar-refractivity contribution < 1.29 is 5.11 Å². The number of aromatic nitrogens is 4. The first-order valence-electron chi connectivity index (χ1n) is 13.0. The smallest absolute Gasteiger partial charge is 0.171 e. The highest BCUT2D eigenvalue weighted by molar-refractivity contribution is 5.27. The Hall–Kier alpha value is -1.23. The Morgan fingerprint density at radius 2 is 1.97 bits per heavy atom. The van der Waals surface area contributed by atoms with Crippen molar-refractivity contribution in [1.29, 1.82) is 0 Å². The molecule has 4 aliphatic rings. The van der Waals surface area contributed by atoms with E-state index in [4.69, 9.17) is 0 Å². The Morgan fingerprint density at radius 3 is 2.71 bits per heavy atom. The third kappa shape index (κ3) is 3.69. The normalized spacial score (nSPS) is 43.0. The Labute approximate surface area is 188 Å². The topological polar surface area (TPSA) is 63.8 Å². The summed E-state index contributed by atoms with van der Waals surface area (Å²) < 4.78 is 0. The van der Waals surface area contributed by atoms with Gasteiger partial charge in [-0.15, -0.1) is 10.2 Å². The van der Waals surface area contributed by atoms with Gasteiger partial charge in [0.25, 0.3) is 0 Å². The van der Waals surface area contributed by atoms with Gasteiger partial charge in [0, 0.05) is 0 Å². The molecule has 1 heterocycles. The average molecular weight is 427 g/mol. The van der Waals surface area contributed by atoms with E-state index in [1.54, 1.807) is 10.4 Å². The summed E-state index contributed by atoms with van der Waals surface area (Å²) in [6, 6.07) is 0. The van der Waals surface area contributed by atoms with Gasteiger partial charge < -0.3 is 5.11 Å². The maximum absolute atomic E-state index is 11.1. The molecule has 0 radical (unpaired) electrons. The van der Waals surface area contributed by atoms with Crippen molar-refractivity contribution in [1.82, 2.24) is 20.2 Å². The number of nitrogens with zero attached hydrogens (tertiary/aromatic N) is 4. The first kappa shape index (κ1) is 21.6. The number of fused-ring (bicyclic) bond motifs is 5. The summed E-state index contributed by atoms with van der Waals surface area (Å²) in [5.74, 6) is 5.44. The highest BCUT2D eigenvalue weighted by atomic mass is 16.3. The van der Waals surface area contributed by atoms with Crippen LogP contribution in [-0.4, -0.2) is 30.9 Å². The minimum absolute atomic E-state index is 0.348. The third-order valence-corrected chi connectivity index (χ3v) is 9.98. The minimum atomic E-state index is -0.364. The van der Waals surface area contributed by atoms with Gasteiger partial charge in [-0.25, -0.2) is 0 Å². The number of hydrogen-bond acceptors (Lipinski definition) is 4. The van der Waals surface area contributed by atoms with Crippen molar-refractivity contribution >= 4 is 0 Å². The first-order valence-corrected chi connectivity index (χ1v) is 13.0. The van der Waals surface area contributed by atoms with Gasteiger partial charge in [-0.05, 0) is 111 Å². The largest absolute Gasteiger partial charge is 0.390 e. The molecule has 5 heteroatoms. The van der Waals surface area contributed by atoms with Crippen LogP contribution in [0.4, 0.5) is 0 Å². The molecule has 1 N–H and O–H groups in total. The number of tetrazole rings is 1. The fourth-order valence-electron chi connectivity index (χ4n) is 8.76. The summed E-state index contributed by atoms with van der Waals surface area (Å²) >= 11 is 0. The van der Waals surface area contributed by atoms with Gasteiger partial charge in [-0.1, -0.05) is 38.8 Å². The monoisotopic (exact) mass is 426 g/mol. The van der Waals surface area contributed by atoms with Crippen LogP contribution < -0.4 is 0 Å². The first-order chi connectivity index (χ1) is 14.8. The zero-order chi connectivity index (χ0) is 21.8. The molecule has 5 nitrogen and oxygen atoms in total. The molecular formula is C26H42N4O. The van der Waals surface area contributed by atoms with E-state index in [1.807, 2.05) is 6.92 Å². The van der Waals surface area contributed by atoms with Gasteiger partial charge in [-0.3, -0.25) is 0 Å². The van der Waals surface area contributed by atoms with Crippen LogP contribution in [0.2, 0.25) is 0 Å². The van der Waals surface area contributed by atoms with Crippen LogP contribution in [0.5, 0.6) is 0 Å². The summed E-state index contributed by atoms with van der Waals surface area (Å²) in [5.41, 5.74) is 1.65. The van der Waals surface area contributed by atoms with Crippen LogP contribution >= 0.6 is 0 Å². The summed E-state index contributed by atoms with van der Waals surface area (Å²) in [6.45, 7) is 9.89. The van der Waals surface area contributed by atoms with Gasteiger partial charge in [0.05, 0.1) is 12.1 Å². The van der Waals surface area contributed by atoms with E-state index in [-0.39, 0.29) is 5.60 Å². The molecule has 0 aromatic carbocycles. The summed E-state index contributed by atoms with van der Waals surface area (Å²) in [7, 11) is 0. The van der Waals surface area contributed by atoms with E-state index < -0.39 is 0 Å². The molecule has 4 aliphatic carbocycles. The maximum Gasteiger partial charge on any atom is 0.171 e. The molecule has 0 spiro atoms. The third-order valence-electron chi connectivity index (χ3n) is 9.98. The fraction of sp³-hybridized carbons (Fsp3) is 0.885. The molecule has 172 valence electrons. The number of hydrogen-bond donors (Lipinski definition) is 1. The van der Waals surface area contributed by atoms with E-state index in [0.717, 1.165) is 67.6 Å². The van der Waals surface area contributed by atoms with Crippen LogP contribution in [0.1, 0.15) is 90.8 Å². The van der Waals surface area contributed by atoms with Gasteiger partial charge in [0.1, 0.15) is 0 Å². The van der Waals surface area contributed by atoms with Crippen molar-refractivity contribution in [3.8, 4) is 0 Å². The van der Waals surface area contributed by atoms with Crippen LogP contribution in [0.25, 0.3) is 0 Å². The molecule has 3 saturated carbocycles. The lowest BCUT2D eigenvalue weighted by Crippen LogP contribution is -2.51. The molecule has 3 fully saturated rings. The number of aliphatic hydroxyl groups is 1. The molecule has 0 saturated heterocycles. The molecule has 0 bridgehead atoms. The van der Waals surface area contributed by atoms with Crippen molar-refractivity contribution in [2.45, 2.75) is 104 Å². The average Bonchev–Trinajstić information content (AvgIpc) is 3.29. The summed E-state index contributed by atoms with van der Waals surface area (Å²) in [4.78, 5) is 1.79. The fourth-order valence-corrected chi connectivity index (χ4v) is 8.76. The van der Waals surface area contributed by atoms with Crippen molar-refractivity contribution in [2.75, 3.05) is 0 Å². The van der Waals surface area contributed by atoms with Crippen LogP contribution in [0, 0.1) is 47.8 Å². The molecule has 5 rings (SSSR count). The van der Waals surface area contributed by atoms with Crippen LogP contribution in [-0.2, 0) is 6.54 Å². The minimum Gasteiger partial charge on any atom is -0.390 e. The Morgan fingerprint density at radius 1 is 1.16 bits per heavy atom. The molecule has 0 aliphatic heterocycles. The molecule has 0 unspecified atom stereocenters. The van der Waals surface area contributed by atoms with Crippen LogP contribution in [0.3, 0.4) is 0 Å². The van der Waals surface area contributed by atoms with Crippen LogP contribution in [0.15, 0.2) is 11.6 Å². The number of allylic oxidation sites excluding steroid dienone is 2. The van der Waals surface area contributed by atoms with E-state index >= 15 is 0 Å². The molecule has 0 amide bonds. The maximum atomic E-state index is 11.1. The lowest BCUT2D eigenvalue weighted by Gasteiger charge is -2.57. The Balaban J connectivity index is 1.28. The van der Waals surface area contributed by atoms with Gasteiger partial charge in [0.2, 0.25) is 0 Å². The summed E-state index contributed by atoms with van der Waals surface area (Å²) in [6.07, 6.45) is 14.8. The predicted octanol–water partition coefficient (Wildman–Crippen LogP) is 5.34. The van der Waals surface area contributed by atoms with Gasteiger partial charge in [-0.2, -0.15) is 4.80 Å². The second-order valence-corrected chi connectivity index (χ2v) is 11.8. The van der Waals surface area contributed by atoms with E-state index in [0.29, 0.717) is 11.3 Å².